The molecule has 2 aliphatic heterocycles. The lowest BCUT2D eigenvalue weighted by Crippen LogP contribution is -2.61. The first-order valence-corrected chi connectivity index (χ1v) is 7.42. The molecule has 0 aromatic rings. The summed E-state index contributed by atoms with van der Waals surface area (Å²) in [4.78, 5) is 3.80. The van der Waals surface area contributed by atoms with E-state index < -0.39 is 12.7 Å². The van der Waals surface area contributed by atoms with Crippen molar-refractivity contribution >= 4 is 0 Å². The average Bonchev–Trinajstić information content (AvgIpc) is 2.31. The number of hydrogen-bond acceptors (Lipinski definition) is 3. The van der Waals surface area contributed by atoms with E-state index in [4.69, 9.17) is 4.74 Å². The third-order valence-corrected chi connectivity index (χ3v) is 4.25. The maximum absolute atomic E-state index is 12.5. The SMILES string of the molecule is CC1(C)CN(CC(F)(F)F)CCN1CC1CCCCO1. The molecule has 118 valence electrons. The molecule has 0 radical (unpaired) electrons. The maximum atomic E-state index is 12.5. The largest absolute Gasteiger partial charge is 0.401 e. The minimum absolute atomic E-state index is 0.232. The normalized spacial score (nSPS) is 29.6. The van der Waals surface area contributed by atoms with Crippen molar-refractivity contribution in [3.8, 4) is 0 Å². The van der Waals surface area contributed by atoms with Crippen LogP contribution < -0.4 is 0 Å². The van der Waals surface area contributed by atoms with Crippen molar-refractivity contribution in [2.24, 2.45) is 0 Å². The lowest BCUT2D eigenvalue weighted by molar-refractivity contribution is -0.156. The Hall–Kier alpha value is -0.330. The number of rotatable bonds is 3. The van der Waals surface area contributed by atoms with Gasteiger partial charge in [0.25, 0.3) is 0 Å². The second-order valence-corrected chi connectivity index (χ2v) is 6.57. The van der Waals surface area contributed by atoms with Crippen LogP contribution in [-0.2, 0) is 4.74 Å². The second-order valence-electron chi connectivity index (χ2n) is 6.57. The molecule has 0 N–H and O–H groups in total. The molecule has 1 unspecified atom stereocenters. The van der Waals surface area contributed by atoms with Crippen molar-refractivity contribution in [1.29, 1.82) is 0 Å². The van der Waals surface area contributed by atoms with Crippen LogP contribution in [0.1, 0.15) is 33.1 Å². The first-order chi connectivity index (χ1) is 9.26. The first-order valence-electron chi connectivity index (χ1n) is 7.42. The fraction of sp³-hybridized carbons (Fsp3) is 1.00. The number of nitrogens with zero attached hydrogens (tertiary/aromatic N) is 2. The smallest absolute Gasteiger partial charge is 0.377 e. The molecule has 20 heavy (non-hydrogen) atoms. The molecule has 0 aliphatic carbocycles. The standard InChI is InChI=1S/C14H25F3N2O/c1-13(2)10-18(11-14(15,16)17)6-7-19(13)9-12-5-3-4-8-20-12/h12H,3-11H2,1-2H3. The van der Waals surface area contributed by atoms with E-state index in [1.165, 1.54) is 11.3 Å². The molecule has 2 saturated heterocycles. The molecule has 0 bridgehead atoms. The topological polar surface area (TPSA) is 15.7 Å². The van der Waals surface area contributed by atoms with Gasteiger partial charge in [-0.1, -0.05) is 0 Å². The van der Waals surface area contributed by atoms with E-state index in [0.717, 1.165) is 26.0 Å². The summed E-state index contributed by atoms with van der Waals surface area (Å²) in [6.45, 7) is 6.53. The van der Waals surface area contributed by atoms with Gasteiger partial charge in [0.05, 0.1) is 12.6 Å². The Bertz CT molecular complexity index is 314. The van der Waals surface area contributed by atoms with Crippen LogP contribution in [0.3, 0.4) is 0 Å². The van der Waals surface area contributed by atoms with Gasteiger partial charge in [0.1, 0.15) is 0 Å². The zero-order valence-corrected chi connectivity index (χ0v) is 12.4. The molecular formula is C14H25F3N2O. The van der Waals surface area contributed by atoms with Crippen molar-refractivity contribution in [2.75, 3.05) is 39.3 Å². The first kappa shape index (κ1) is 16.0. The molecule has 1 atom stereocenters. The number of piperazine rings is 1. The highest BCUT2D eigenvalue weighted by atomic mass is 19.4. The van der Waals surface area contributed by atoms with Crippen molar-refractivity contribution in [1.82, 2.24) is 9.80 Å². The van der Waals surface area contributed by atoms with Crippen LogP contribution in [0.2, 0.25) is 0 Å². The highest BCUT2D eigenvalue weighted by Gasteiger charge is 2.39. The Labute approximate surface area is 119 Å². The molecule has 0 saturated carbocycles. The van der Waals surface area contributed by atoms with Crippen molar-refractivity contribution in [3.05, 3.63) is 0 Å². The summed E-state index contributed by atoms with van der Waals surface area (Å²) in [5, 5.41) is 0. The van der Waals surface area contributed by atoms with Gasteiger partial charge in [-0.05, 0) is 33.1 Å². The number of halogens is 3. The predicted octanol–water partition coefficient (Wildman–Crippen LogP) is 2.51. The number of ether oxygens (including phenoxy) is 1. The van der Waals surface area contributed by atoms with Crippen molar-refractivity contribution in [2.45, 2.75) is 50.9 Å². The lowest BCUT2D eigenvalue weighted by Gasteiger charge is -2.48. The predicted molar refractivity (Wildman–Crippen MR) is 71.7 cm³/mol. The maximum Gasteiger partial charge on any atom is 0.401 e. The molecule has 3 nitrogen and oxygen atoms in total. The molecule has 2 heterocycles. The third kappa shape index (κ3) is 4.60. The molecule has 0 spiro atoms. The van der Waals surface area contributed by atoms with Crippen LogP contribution in [0, 0.1) is 0 Å². The molecule has 0 amide bonds. The zero-order chi connectivity index (χ0) is 14.8. The van der Waals surface area contributed by atoms with E-state index in [2.05, 4.69) is 4.90 Å². The zero-order valence-electron chi connectivity index (χ0n) is 12.4. The van der Waals surface area contributed by atoms with E-state index in [1.807, 2.05) is 13.8 Å². The second kappa shape index (κ2) is 6.20. The van der Waals surface area contributed by atoms with E-state index in [9.17, 15) is 13.2 Å². The Morgan fingerprint density at radius 1 is 1.20 bits per heavy atom. The van der Waals surface area contributed by atoms with Gasteiger partial charge in [0, 0.05) is 38.3 Å². The molecule has 0 aromatic carbocycles. The van der Waals surface area contributed by atoms with Gasteiger partial charge in [-0.2, -0.15) is 13.2 Å². The van der Waals surface area contributed by atoms with E-state index >= 15 is 0 Å². The van der Waals surface area contributed by atoms with Gasteiger partial charge in [-0.3, -0.25) is 9.80 Å². The Morgan fingerprint density at radius 3 is 2.50 bits per heavy atom. The summed E-state index contributed by atoms with van der Waals surface area (Å²) >= 11 is 0. The minimum Gasteiger partial charge on any atom is -0.377 e. The van der Waals surface area contributed by atoms with Crippen LogP contribution in [-0.4, -0.2) is 66.9 Å². The van der Waals surface area contributed by atoms with Gasteiger partial charge < -0.3 is 4.74 Å². The minimum atomic E-state index is -4.11. The highest BCUT2D eigenvalue weighted by Crippen LogP contribution is 2.26. The van der Waals surface area contributed by atoms with Gasteiger partial charge in [0.2, 0.25) is 0 Å². The Balaban J connectivity index is 1.87. The molecule has 2 rings (SSSR count). The Kier molecular flexibility index (Phi) is 4.97. The van der Waals surface area contributed by atoms with Gasteiger partial charge >= 0.3 is 6.18 Å². The van der Waals surface area contributed by atoms with E-state index in [1.54, 1.807) is 0 Å². The molecule has 0 aromatic heterocycles. The summed E-state index contributed by atoms with van der Waals surface area (Å²) < 4.78 is 43.2. The Morgan fingerprint density at radius 2 is 1.95 bits per heavy atom. The molecule has 2 aliphatic rings. The average molecular weight is 294 g/mol. The fourth-order valence-electron chi connectivity index (χ4n) is 3.22. The number of alkyl halides is 3. The lowest BCUT2D eigenvalue weighted by atomic mass is 9.97. The van der Waals surface area contributed by atoms with Crippen LogP contribution >= 0.6 is 0 Å². The molecule has 2 fully saturated rings. The molecular weight excluding hydrogens is 269 g/mol. The van der Waals surface area contributed by atoms with Crippen LogP contribution in [0.15, 0.2) is 0 Å². The quantitative estimate of drug-likeness (QED) is 0.795. The van der Waals surface area contributed by atoms with Gasteiger partial charge in [0.15, 0.2) is 0 Å². The van der Waals surface area contributed by atoms with Crippen molar-refractivity contribution in [3.63, 3.8) is 0 Å². The summed E-state index contributed by atoms with van der Waals surface area (Å²) in [6, 6.07) is 0. The van der Waals surface area contributed by atoms with Crippen LogP contribution in [0.5, 0.6) is 0 Å². The monoisotopic (exact) mass is 294 g/mol. The fourth-order valence-corrected chi connectivity index (χ4v) is 3.22. The third-order valence-electron chi connectivity index (χ3n) is 4.25. The van der Waals surface area contributed by atoms with Gasteiger partial charge in [-0.25, -0.2) is 0 Å². The highest BCUT2D eigenvalue weighted by molar-refractivity contribution is 4.92. The summed E-state index contributed by atoms with van der Waals surface area (Å²) in [5.41, 5.74) is -0.232. The van der Waals surface area contributed by atoms with Gasteiger partial charge in [-0.15, -0.1) is 0 Å². The number of hydrogen-bond donors (Lipinski definition) is 0. The van der Waals surface area contributed by atoms with Crippen LogP contribution in [0.4, 0.5) is 13.2 Å². The molecule has 6 heteroatoms. The van der Waals surface area contributed by atoms with E-state index in [0.29, 0.717) is 19.6 Å². The summed E-state index contributed by atoms with van der Waals surface area (Å²) in [5.74, 6) is 0. The van der Waals surface area contributed by atoms with Crippen LogP contribution in [0.25, 0.3) is 0 Å². The summed E-state index contributed by atoms with van der Waals surface area (Å²) in [6.07, 6.45) is -0.473. The van der Waals surface area contributed by atoms with Crippen molar-refractivity contribution < 1.29 is 17.9 Å². The summed E-state index contributed by atoms with van der Waals surface area (Å²) in [7, 11) is 0. The van der Waals surface area contributed by atoms with E-state index in [-0.39, 0.29) is 11.6 Å².